The fraction of sp³-hybridized carbons (Fsp3) is 0.263. The molecule has 0 fully saturated rings. The highest BCUT2D eigenvalue weighted by Crippen LogP contribution is 2.13. The molecule has 132 valence electrons. The van der Waals surface area contributed by atoms with E-state index in [0.717, 1.165) is 5.56 Å². The van der Waals surface area contributed by atoms with Crippen LogP contribution in [0.4, 0.5) is 5.69 Å². The van der Waals surface area contributed by atoms with Gasteiger partial charge in [0.15, 0.2) is 6.54 Å². The molecule has 0 aromatic heterocycles. The first-order valence-electron chi connectivity index (χ1n) is 8.15. The second-order valence-corrected chi connectivity index (χ2v) is 6.06. The van der Waals surface area contributed by atoms with Crippen molar-refractivity contribution in [2.24, 2.45) is 0 Å². The average Bonchev–Trinajstić information content (AvgIpc) is 2.61. The second-order valence-electron chi connectivity index (χ2n) is 5.63. The van der Waals surface area contributed by atoms with Gasteiger partial charge in [-0.2, -0.15) is 0 Å². The van der Waals surface area contributed by atoms with Crippen LogP contribution >= 0.6 is 11.6 Å². The van der Waals surface area contributed by atoms with E-state index < -0.39 is 0 Å². The maximum atomic E-state index is 12.1. The number of amides is 1. The molecule has 2 aromatic rings. The standard InChI is InChI=1S/C19H21ClN2O3/c1-3-25-19(24)15-6-10-17(11-7-15)22-18(23)12-21-13(2)14-4-8-16(20)9-5-14/h4-11,13,21H,3,12H2,1-2H3,(H,22,23)/p+1/t13-/m0/s1. The van der Waals surface area contributed by atoms with Crippen LogP contribution in [0.2, 0.25) is 5.02 Å². The Balaban J connectivity index is 1.83. The number of quaternary nitrogens is 1. The monoisotopic (exact) mass is 361 g/mol. The Hall–Kier alpha value is -2.37. The smallest absolute Gasteiger partial charge is 0.338 e. The zero-order valence-corrected chi connectivity index (χ0v) is 15.0. The van der Waals surface area contributed by atoms with Gasteiger partial charge in [0.1, 0.15) is 6.04 Å². The van der Waals surface area contributed by atoms with Crippen LogP contribution in [0.1, 0.15) is 35.8 Å². The summed E-state index contributed by atoms with van der Waals surface area (Å²) in [4.78, 5) is 23.7. The Morgan fingerprint density at radius 2 is 1.76 bits per heavy atom. The number of halogens is 1. The molecular formula is C19H22ClN2O3+. The highest BCUT2D eigenvalue weighted by Gasteiger charge is 2.12. The van der Waals surface area contributed by atoms with Crippen molar-refractivity contribution in [1.82, 2.24) is 0 Å². The SMILES string of the molecule is CCOC(=O)c1ccc(NC(=O)C[NH2+][C@@H](C)c2ccc(Cl)cc2)cc1. The molecule has 6 heteroatoms. The molecule has 0 saturated carbocycles. The van der Waals surface area contributed by atoms with Crippen LogP contribution in [0.3, 0.4) is 0 Å². The van der Waals surface area contributed by atoms with Gasteiger partial charge >= 0.3 is 5.97 Å². The molecule has 2 aromatic carbocycles. The van der Waals surface area contributed by atoms with Gasteiger partial charge < -0.3 is 15.4 Å². The van der Waals surface area contributed by atoms with E-state index in [4.69, 9.17) is 16.3 Å². The summed E-state index contributed by atoms with van der Waals surface area (Å²) >= 11 is 5.88. The van der Waals surface area contributed by atoms with E-state index in [1.165, 1.54) is 0 Å². The number of esters is 1. The molecule has 0 heterocycles. The molecule has 0 unspecified atom stereocenters. The van der Waals surface area contributed by atoms with E-state index in [2.05, 4.69) is 5.32 Å². The fourth-order valence-corrected chi connectivity index (χ4v) is 2.43. The Morgan fingerprint density at radius 3 is 2.36 bits per heavy atom. The minimum atomic E-state index is -0.370. The topological polar surface area (TPSA) is 72.0 Å². The zero-order chi connectivity index (χ0) is 18.2. The van der Waals surface area contributed by atoms with E-state index in [0.29, 0.717) is 29.4 Å². The Kier molecular flexibility index (Phi) is 6.98. The van der Waals surface area contributed by atoms with Crippen molar-refractivity contribution < 1.29 is 19.6 Å². The lowest BCUT2D eigenvalue weighted by molar-refractivity contribution is -0.682. The van der Waals surface area contributed by atoms with Crippen LogP contribution in [0.25, 0.3) is 0 Å². The van der Waals surface area contributed by atoms with E-state index in [1.54, 1.807) is 31.2 Å². The highest BCUT2D eigenvalue weighted by atomic mass is 35.5. The lowest BCUT2D eigenvalue weighted by Crippen LogP contribution is -2.86. The molecule has 3 N–H and O–H groups in total. The van der Waals surface area contributed by atoms with Crippen LogP contribution in [0.5, 0.6) is 0 Å². The minimum absolute atomic E-state index is 0.107. The van der Waals surface area contributed by atoms with Gasteiger partial charge in [-0.25, -0.2) is 4.79 Å². The van der Waals surface area contributed by atoms with Crippen LogP contribution < -0.4 is 10.6 Å². The van der Waals surface area contributed by atoms with Gasteiger partial charge in [-0.3, -0.25) is 4.79 Å². The maximum absolute atomic E-state index is 12.1. The van der Waals surface area contributed by atoms with Gasteiger partial charge in [-0.1, -0.05) is 23.7 Å². The molecule has 1 atom stereocenters. The predicted octanol–water partition coefficient (Wildman–Crippen LogP) is 2.78. The Morgan fingerprint density at radius 1 is 1.12 bits per heavy atom. The van der Waals surface area contributed by atoms with Crippen LogP contribution in [-0.2, 0) is 9.53 Å². The van der Waals surface area contributed by atoms with Gasteiger partial charge in [-0.15, -0.1) is 0 Å². The Bertz CT molecular complexity index is 714. The third-order valence-electron chi connectivity index (χ3n) is 3.73. The van der Waals surface area contributed by atoms with Crippen molar-refractivity contribution in [3.63, 3.8) is 0 Å². The first kappa shape index (κ1) is 19.0. The molecular weight excluding hydrogens is 340 g/mol. The van der Waals surface area contributed by atoms with E-state index in [1.807, 2.05) is 36.5 Å². The highest BCUT2D eigenvalue weighted by molar-refractivity contribution is 6.30. The van der Waals surface area contributed by atoms with Crippen molar-refractivity contribution >= 4 is 29.2 Å². The first-order chi connectivity index (χ1) is 12.0. The number of carbonyl (C=O) groups excluding carboxylic acids is 2. The number of carbonyl (C=O) groups is 2. The maximum Gasteiger partial charge on any atom is 0.338 e. The molecule has 0 aliphatic rings. The van der Waals surface area contributed by atoms with Gasteiger partial charge in [-0.05, 0) is 50.2 Å². The predicted molar refractivity (Wildman–Crippen MR) is 97.7 cm³/mol. The summed E-state index contributed by atoms with van der Waals surface area (Å²) in [6, 6.07) is 14.4. The number of nitrogens with two attached hydrogens (primary N) is 1. The molecule has 0 saturated heterocycles. The third kappa shape index (κ3) is 5.89. The summed E-state index contributed by atoms with van der Waals surface area (Å²) in [5.41, 5.74) is 2.21. The van der Waals surface area contributed by atoms with Crippen LogP contribution in [0.15, 0.2) is 48.5 Å². The summed E-state index contributed by atoms with van der Waals surface area (Å²) in [5.74, 6) is -0.477. The largest absolute Gasteiger partial charge is 0.462 e. The van der Waals surface area contributed by atoms with Crippen molar-refractivity contribution in [1.29, 1.82) is 0 Å². The molecule has 0 bridgehead atoms. The molecule has 25 heavy (non-hydrogen) atoms. The van der Waals surface area contributed by atoms with Gasteiger partial charge in [0.2, 0.25) is 0 Å². The lowest BCUT2D eigenvalue weighted by atomic mass is 10.1. The van der Waals surface area contributed by atoms with Gasteiger partial charge in [0, 0.05) is 16.3 Å². The van der Waals surface area contributed by atoms with Crippen molar-refractivity contribution in [2.75, 3.05) is 18.5 Å². The molecule has 0 aliphatic heterocycles. The summed E-state index contributed by atoms with van der Waals surface area (Å²) in [5, 5.41) is 5.46. The number of anilines is 1. The summed E-state index contributed by atoms with van der Waals surface area (Å²) in [6.45, 7) is 4.42. The van der Waals surface area contributed by atoms with Gasteiger partial charge in [0.05, 0.1) is 12.2 Å². The van der Waals surface area contributed by atoms with Crippen molar-refractivity contribution in [3.05, 3.63) is 64.7 Å². The molecule has 2 rings (SSSR count). The Labute approximate surface area is 152 Å². The second kappa shape index (κ2) is 9.20. The molecule has 5 nitrogen and oxygen atoms in total. The quantitative estimate of drug-likeness (QED) is 0.745. The average molecular weight is 362 g/mol. The summed E-state index contributed by atoms with van der Waals surface area (Å²) in [7, 11) is 0. The van der Waals surface area contributed by atoms with E-state index in [-0.39, 0.29) is 17.9 Å². The normalized spacial score (nSPS) is 11.6. The number of ether oxygens (including phenoxy) is 1. The van der Waals surface area contributed by atoms with Crippen molar-refractivity contribution in [3.8, 4) is 0 Å². The van der Waals surface area contributed by atoms with E-state index in [9.17, 15) is 9.59 Å². The molecule has 1 amide bonds. The van der Waals surface area contributed by atoms with Crippen LogP contribution in [0, 0.1) is 0 Å². The molecule has 0 spiro atoms. The number of rotatable bonds is 7. The minimum Gasteiger partial charge on any atom is -0.462 e. The van der Waals surface area contributed by atoms with Gasteiger partial charge in [0.25, 0.3) is 5.91 Å². The zero-order valence-electron chi connectivity index (χ0n) is 14.3. The number of benzene rings is 2. The van der Waals surface area contributed by atoms with Crippen molar-refractivity contribution in [2.45, 2.75) is 19.9 Å². The third-order valence-corrected chi connectivity index (χ3v) is 3.98. The number of hydrogen-bond donors (Lipinski definition) is 2. The molecule has 0 aliphatic carbocycles. The number of hydrogen-bond acceptors (Lipinski definition) is 3. The van der Waals surface area contributed by atoms with E-state index >= 15 is 0 Å². The first-order valence-corrected chi connectivity index (χ1v) is 8.53. The fourth-order valence-electron chi connectivity index (χ4n) is 2.30. The summed E-state index contributed by atoms with van der Waals surface area (Å²) in [6.07, 6.45) is 0. The number of nitrogens with one attached hydrogen (secondary N) is 1. The molecule has 0 radical (unpaired) electrons. The lowest BCUT2D eigenvalue weighted by Gasteiger charge is -2.11. The summed E-state index contributed by atoms with van der Waals surface area (Å²) < 4.78 is 4.92. The van der Waals surface area contributed by atoms with Crippen LogP contribution in [-0.4, -0.2) is 25.0 Å².